The summed E-state index contributed by atoms with van der Waals surface area (Å²) < 4.78 is 0. The second-order valence-electron chi connectivity index (χ2n) is 6.16. The summed E-state index contributed by atoms with van der Waals surface area (Å²) in [4.78, 5) is 16.9. The molecule has 1 aliphatic rings. The molecule has 3 heteroatoms. The van der Waals surface area contributed by atoms with Gasteiger partial charge in [0.2, 0.25) is 0 Å². The van der Waals surface area contributed by atoms with E-state index in [1.165, 1.54) is 0 Å². The second-order valence-corrected chi connectivity index (χ2v) is 6.60. The lowest BCUT2D eigenvalue weighted by molar-refractivity contribution is 0.0809. The van der Waals surface area contributed by atoms with Gasteiger partial charge in [0, 0.05) is 21.6 Å². The Hall–Kier alpha value is -2.11. The fourth-order valence-corrected chi connectivity index (χ4v) is 2.77. The zero-order valence-corrected chi connectivity index (χ0v) is 13.4. The molecular formula is C19H16ClNO. The number of fused-ring (bicyclic) bond motifs is 1. The Bertz CT molecular complexity index is 812. The average Bonchev–Trinajstić information content (AvgIpc) is 2.49. The van der Waals surface area contributed by atoms with Crippen molar-refractivity contribution in [3.05, 3.63) is 63.9 Å². The molecule has 0 N–H and O–H groups in total. The van der Waals surface area contributed by atoms with Crippen LogP contribution in [-0.4, -0.2) is 10.8 Å². The molecule has 0 amide bonds. The van der Waals surface area contributed by atoms with Gasteiger partial charge in [0.1, 0.15) is 5.69 Å². The van der Waals surface area contributed by atoms with E-state index < -0.39 is 0 Å². The first kappa shape index (κ1) is 14.8. The number of pyridine rings is 1. The number of halogens is 1. The highest BCUT2D eigenvalue weighted by Gasteiger charge is 2.34. The standard InChI is InChI=1S/C19H16ClNO/c1-19(2)11-10-17-16(18(19)22)9-8-15(21-17)7-6-13-4-3-5-14(20)12-13/h3-5,8-9,12H,10-11H2,1-2H3. The lowest BCUT2D eigenvalue weighted by Gasteiger charge is -2.28. The number of aryl methyl sites for hydroxylation is 1. The Morgan fingerprint density at radius 1 is 1.18 bits per heavy atom. The van der Waals surface area contributed by atoms with Crippen LogP contribution in [0.25, 0.3) is 0 Å². The van der Waals surface area contributed by atoms with E-state index in [-0.39, 0.29) is 11.2 Å². The van der Waals surface area contributed by atoms with Crippen LogP contribution < -0.4 is 0 Å². The molecule has 1 aromatic heterocycles. The van der Waals surface area contributed by atoms with Crippen LogP contribution in [0.2, 0.25) is 5.02 Å². The molecule has 0 radical (unpaired) electrons. The highest BCUT2D eigenvalue weighted by Crippen LogP contribution is 2.33. The van der Waals surface area contributed by atoms with E-state index in [0.717, 1.165) is 29.7 Å². The van der Waals surface area contributed by atoms with E-state index in [1.54, 1.807) is 0 Å². The number of ketones is 1. The molecule has 2 nitrogen and oxygen atoms in total. The quantitative estimate of drug-likeness (QED) is 0.680. The number of rotatable bonds is 0. The highest BCUT2D eigenvalue weighted by atomic mass is 35.5. The molecule has 0 saturated heterocycles. The van der Waals surface area contributed by atoms with Gasteiger partial charge in [-0.2, -0.15) is 0 Å². The van der Waals surface area contributed by atoms with Crippen molar-refractivity contribution >= 4 is 17.4 Å². The third-order valence-electron chi connectivity index (χ3n) is 3.98. The molecule has 2 aromatic rings. The van der Waals surface area contributed by atoms with Gasteiger partial charge in [-0.1, -0.05) is 37.4 Å². The van der Waals surface area contributed by atoms with Gasteiger partial charge in [0.25, 0.3) is 0 Å². The number of benzene rings is 1. The smallest absolute Gasteiger partial charge is 0.170 e. The minimum Gasteiger partial charge on any atom is -0.294 e. The molecule has 0 spiro atoms. The highest BCUT2D eigenvalue weighted by molar-refractivity contribution is 6.30. The van der Waals surface area contributed by atoms with Crippen LogP contribution in [0.5, 0.6) is 0 Å². The van der Waals surface area contributed by atoms with E-state index >= 15 is 0 Å². The van der Waals surface area contributed by atoms with Gasteiger partial charge in [0.15, 0.2) is 5.78 Å². The Morgan fingerprint density at radius 2 is 2.00 bits per heavy atom. The largest absolute Gasteiger partial charge is 0.294 e. The van der Waals surface area contributed by atoms with Crippen molar-refractivity contribution in [2.75, 3.05) is 0 Å². The zero-order chi connectivity index (χ0) is 15.7. The topological polar surface area (TPSA) is 30.0 Å². The number of carbonyl (C=O) groups is 1. The summed E-state index contributed by atoms with van der Waals surface area (Å²) >= 11 is 5.94. The maximum Gasteiger partial charge on any atom is 0.170 e. The van der Waals surface area contributed by atoms with Gasteiger partial charge < -0.3 is 0 Å². The number of Topliss-reactive ketones (excluding diaryl/α,β-unsaturated/α-hetero) is 1. The third-order valence-corrected chi connectivity index (χ3v) is 4.21. The van der Waals surface area contributed by atoms with E-state index in [9.17, 15) is 4.79 Å². The summed E-state index contributed by atoms with van der Waals surface area (Å²) in [6.07, 6.45) is 1.65. The predicted molar refractivity (Wildman–Crippen MR) is 88.1 cm³/mol. The number of hydrogen-bond acceptors (Lipinski definition) is 2. The molecule has 0 atom stereocenters. The van der Waals surface area contributed by atoms with Crippen LogP contribution in [0.15, 0.2) is 36.4 Å². The number of aromatic nitrogens is 1. The van der Waals surface area contributed by atoms with Gasteiger partial charge in [-0.3, -0.25) is 4.79 Å². The van der Waals surface area contributed by atoms with E-state index in [2.05, 4.69) is 16.8 Å². The van der Waals surface area contributed by atoms with Crippen LogP contribution >= 0.6 is 11.6 Å². The first-order valence-electron chi connectivity index (χ1n) is 7.28. The molecule has 1 heterocycles. The van der Waals surface area contributed by atoms with Gasteiger partial charge in [-0.15, -0.1) is 0 Å². The second kappa shape index (κ2) is 5.59. The van der Waals surface area contributed by atoms with Gasteiger partial charge in [-0.05, 0) is 49.1 Å². The number of carbonyl (C=O) groups excluding carboxylic acids is 1. The fraction of sp³-hybridized carbons (Fsp3) is 0.263. The summed E-state index contributed by atoms with van der Waals surface area (Å²) in [6.45, 7) is 3.98. The molecular weight excluding hydrogens is 294 g/mol. The Balaban J connectivity index is 1.91. The third kappa shape index (κ3) is 2.91. The van der Waals surface area contributed by atoms with Crippen LogP contribution in [0.4, 0.5) is 0 Å². The van der Waals surface area contributed by atoms with E-state index in [1.807, 2.05) is 50.2 Å². The molecule has 1 aromatic carbocycles. The van der Waals surface area contributed by atoms with E-state index in [4.69, 9.17) is 11.6 Å². The van der Waals surface area contributed by atoms with Gasteiger partial charge in [-0.25, -0.2) is 4.98 Å². The molecule has 1 aliphatic carbocycles. The van der Waals surface area contributed by atoms with Crippen molar-refractivity contribution in [3.8, 4) is 11.8 Å². The minimum absolute atomic E-state index is 0.176. The minimum atomic E-state index is -0.289. The molecule has 0 bridgehead atoms. The lowest BCUT2D eigenvalue weighted by Crippen LogP contribution is -2.31. The van der Waals surface area contributed by atoms with Crippen LogP contribution in [0.3, 0.4) is 0 Å². The summed E-state index contributed by atoms with van der Waals surface area (Å²) in [5, 5.41) is 0.665. The Labute approximate surface area is 135 Å². The summed E-state index contributed by atoms with van der Waals surface area (Å²) in [7, 11) is 0. The maximum atomic E-state index is 12.4. The van der Waals surface area contributed by atoms with Crippen molar-refractivity contribution in [1.82, 2.24) is 4.98 Å². The first-order valence-corrected chi connectivity index (χ1v) is 7.66. The summed E-state index contributed by atoms with van der Waals surface area (Å²) in [5.74, 6) is 6.27. The normalized spacial score (nSPS) is 15.7. The van der Waals surface area contributed by atoms with Crippen LogP contribution in [-0.2, 0) is 6.42 Å². The maximum absolute atomic E-state index is 12.4. The zero-order valence-electron chi connectivity index (χ0n) is 12.6. The van der Waals surface area contributed by atoms with Gasteiger partial charge in [0.05, 0.1) is 5.69 Å². The predicted octanol–water partition coefficient (Wildman–Crippen LogP) is 4.29. The Kier molecular flexibility index (Phi) is 3.76. The SMILES string of the molecule is CC1(C)CCc2nc(C#Cc3cccc(Cl)c3)ccc2C1=O. The Morgan fingerprint density at radius 3 is 2.77 bits per heavy atom. The van der Waals surface area contributed by atoms with Crippen molar-refractivity contribution in [1.29, 1.82) is 0 Å². The van der Waals surface area contributed by atoms with Crippen molar-refractivity contribution in [2.24, 2.45) is 5.41 Å². The van der Waals surface area contributed by atoms with Crippen molar-refractivity contribution in [2.45, 2.75) is 26.7 Å². The summed E-state index contributed by atoms with van der Waals surface area (Å²) in [6, 6.07) is 11.1. The molecule has 0 fully saturated rings. The summed E-state index contributed by atoms with van der Waals surface area (Å²) in [5.41, 5.74) is 2.85. The van der Waals surface area contributed by atoms with Crippen LogP contribution in [0, 0.1) is 17.3 Å². The lowest BCUT2D eigenvalue weighted by atomic mass is 9.75. The average molecular weight is 310 g/mol. The van der Waals surface area contributed by atoms with Gasteiger partial charge >= 0.3 is 0 Å². The molecule has 110 valence electrons. The van der Waals surface area contributed by atoms with Crippen molar-refractivity contribution < 1.29 is 4.79 Å². The number of hydrogen-bond donors (Lipinski definition) is 0. The fourth-order valence-electron chi connectivity index (χ4n) is 2.58. The molecule has 0 aliphatic heterocycles. The number of nitrogens with zero attached hydrogens (tertiary/aromatic N) is 1. The van der Waals surface area contributed by atoms with Crippen molar-refractivity contribution in [3.63, 3.8) is 0 Å². The molecule has 22 heavy (non-hydrogen) atoms. The molecule has 0 unspecified atom stereocenters. The van der Waals surface area contributed by atoms with Crippen LogP contribution in [0.1, 0.15) is 47.6 Å². The monoisotopic (exact) mass is 309 g/mol. The first-order chi connectivity index (χ1) is 10.5. The molecule has 0 saturated carbocycles. The molecule has 3 rings (SSSR count). The van der Waals surface area contributed by atoms with E-state index in [0.29, 0.717) is 10.7 Å².